The van der Waals surface area contributed by atoms with Gasteiger partial charge < -0.3 is 25.5 Å². The molecule has 0 saturated heterocycles. The molecule has 0 bridgehead atoms. The lowest BCUT2D eigenvalue weighted by molar-refractivity contribution is -0.137. The monoisotopic (exact) mass is 532 g/mol. The second-order valence-corrected chi connectivity index (χ2v) is 10.7. The Labute approximate surface area is 229 Å². The van der Waals surface area contributed by atoms with E-state index in [4.69, 9.17) is 5.11 Å². The number of aliphatic hydroxyl groups excluding tert-OH is 2. The summed E-state index contributed by atoms with van der Waals surface area (Å²) in [5, 5.41) is 30.4. The maximum Gasteiger partial charge on any atom is 0.303 e. The Morgan fingerprint density at radius 3 is 1.32 bits per heavy atom. The fraction of sp³-hybridized carbons (Fsp3) is 0.933. The van der Waals surface area contributed by atoms with Crippen molar-refractivity contribution in [1.82, 2.24) is 10.2 Å². The third-order valence-corrected chi connectivity index (χ3v) is 6.75. The van der Waals surface area contributed by atoms with Crippen molar-refractivity contribution >= 4 is 11.9 Å². The van der Waals surface area contributed by atoms with Gasteiger partial charge in [0.1, 0.15) is 0 Å². The molecule has 4 atom stereocenters. The van der Waals surface area contributed by atoms with Crippen LogP contribution in [0.3, 0.4) is 0 Å². The summed E-state index contributed by atoms with van der Waals surface area (Å²) in [7, 11) is 7.37. The highest BCUT2D eigenvalue weighted by Gasteiger charge is 2.12. The molecule has 0 fully saturated rings. The number of unbranched alkanes of at least 4 members (excludes halogenated alkanes) is 8. The van der Waals surface area contributed by atoms with Crippen molar-refractivity contribution < 1.29 is 24.9 Å². The molecule has 0 radical (unpaired) electrons. The summed E-state index contributed by atoms with van der Waals surface area (Å²) in [6, 6.07) is 0. The number of aliphatic hydroxyl groups is 2. The molecule has 0 heterocycles. The van der Waals surface area contributed by atoms with Gasteiger partial charge >= 0.3 is 5.97 Å². The van der Waals surface area contributed by atoms with E-state index in [0.717, 1.165) is 70.6 Å². The first-order chi connectivity index (χ1) is 17.5. The third kappa shape index (κ3) is 30.9. The maximum atomic E-state index is 11.3. The average Bonchev–Trinajstić information content (AvgIpc) is 2.86. The van der Waals surface area contributed by atoms with Gasteiger partial charge in [0.25, 0.3) is 0 Å². The molecule has 0 aromatic carbocycles. The number of carbonyl (C=O) groups excluding carboxylic acids is 1. The standard InChI is InChI=1S/C15H31NO2.C13H26O3.C2H7N/c1-5-14(17)13(2)11-9-7-6-8-10-12-15(18)16(3)4;1-3-12(14)11(2)9-7-5-4-6-8-10-13(15)16;1-3-2/h13-14,17H,5-12H2,1-4H3;11-12,14H,3-10H2,1-2H3,(H,15,16);3H,1-2H3/t13-,14+;11-,12+;/m11./s1. The van der Waals surface area contributed by atoms with E-state index < -0.39 is 5.97 Å². The van der Waals surface area contributed by atoms with Gasteiger partial charge in [-0.15, -0.1) is 0 Å². The molecule has 0 unspecified atom stereocenters. The summed E-state index contributed by atoms with van der Waals surface area (Å²) >= 11 is 0. The minimum absolute atomic E-state index is 0.136. The number of carbonyl (C=O) groups is 2. The van der Waals surface area contributed by atoms with Gasteiger partial charge in [0.05, 0.1) is 12.2 Å². The van der Waals surface area contributed by atoms with Gasteiger partial charge in [-0.25, -0.2) is 0 Å². The van der Waals surface area contributed by atoms with Gasteiger partial charge in [0, 0.05) is 26.9 Å². The Morgan fingerprint density at radius 2 is 1.00 bits per heavy atom. The van der Waals surface area contributed by atoms with E-state index in [0.29, 0.717) is 24.7 Å². The highest BCUT2D eigenvalue weighted by Crippen LogP contribution is 2.17. The predicted molar refractivity (Wildman–Crippen MR) is 157 cm³/mol. The van der Waals surface area contributed by atoms with Crippen molar-refractivity contribution in [3.63, 3.8) is 0 Å². The predicted octanol–water partition coefficient (Wildman–Crippen LogP) is 6.26. The molecule has 4 N–H and O–H groups in total. The van der Waals surface area contributed by atoms with Crippen LogP contribution in [0, 0.1) is 11.8 Å². The minimum Gasteiger partial charge on any atom is -0.481 e. The SMILES string of the molecule is CC[C@H](O)[C@H](C)CCCCCCCC(=O)N(C)C.CC[C@H](O)[C@H](C)CCCCCCCC(=O)O.CNC. The lowest BCUT2D eigenvalue weighted by atomic mass is 9.95. The van der Waals surface area contributed by atoms with Crippen LogP contribution in [0.2, 0.25) is 0 Å². The van der Waals surface area contributed by atoms with Crippen molar-refractivity contribution in [2.75, 3.05) is 28.2 Å². The van der Waals surface area contributed by atoms with Crippen LogP contribution in [-0.4, -0.2) is 72.5 Å². The van der Waals surface area contributed by atoms with Gasteiger partial charge in [-0.05, 0) is 64.5 Å². The third-order valence-electron chi connectivity index (χ3n) is 6.75. The number of carboxylic acids is 1. The summed E-state index contributed by atoms with van der Waals surface area (Å²) in [5.41, 5.74) is 0. The normalized spacial score (nSPS) is 13.8. The molecule has 37 heavy (non-hydrogen) atoms. The maximum absolute atomic E-state index is 11.3. The van der Waals surface area contributed by atoms with E-state index in [-0.39, 0.29) is 18.1 Å². The van der Waals surface area contributed by atoms with E-state index >= 15 is 0 Å². The Kier molecular flexibility index (Phi) is 32.0. The van der Waals surface area contributed by atoms with Gasteiger partial charge in [0.2, 0.25) is 5.91 Å². The highest BCUT2D eigenvalue weighted by atomic mass is 16.4. The van der Waals surface area contributed by atoms with Gasteiger partial charge in [-0.1, -0.05) is 79.1 Å². The first-order valence-corrected chi connectivity index (χ1v) is 14.8. The molecule has 0 aromatic heterocycles. The molecule has 0 saturated carbocycles. The van der Waals surface area contributed by atoms with Crippen LogP contribution in [0.4, 0.5) is 0 Å². The molecule has 0 rings (SSSR count). The summed E-state index contributed by atoms with van der Waals surface area (Å²) < 4.78 is 0. The Balaban J connectivity index is -0.000000567. The van der Waals surface area contributed by atoms with Gasteiger partial charge in [-0.3, -0.25) is 9.59 Å². The summed E-state index contributed by atoms with van der Waals surface area (Å²) in [6.45, 7) is 8.26. The molecule has 0 spiro atoms. The van der Waals surface area contributed by atoms with Crippen LogP contribution >= 0.6 is 0 Å². The van der Waals surface area contributed by atoms with Crippen molar-refractivity contribution in [2.45, 2.75) is 143 Å². The lowest BCUT2D eigenvalue weighted by Crippen LogP contribution is -2.20. The van der Waals surface area contributed by atoms with Crippen LogP contribution in [-0.2, 0) is 9.59 Å². The topological polar surface area (TPSA) is 110 Å². The fourth-order valence-corrected chi connectivity index (χ4v) is 3.96. The van der Waals surface area contributed by atoms with Crippen LogP contribution in [0.5, 0.6) is 0 Å². The molecule has 0 aromatic rings. The van der Waals surface area contributed by atoms with Crippen LogP contribution in [0.15, 0.2) is 0 Å². The second-order valence-electron chi connectivity index (χ2n) is 10.7. The van der Waals surface area contributed by atoms with Gasteiger partial charge in [0.15, 0.2) is 0 Å². The molecule has 1 amide bonds. The van der Waals surface area contributed by atoms with Crippen molar-refractivity contribution in [1.29, 1.82) is 0 Å². The smallest absolute Gasteiger partial charge is 0.303 e. The number of aliphatic carboxylic acids is 1. The Hall–Kier alpha value is -1.18. The van der Waals surface area contributed by atoms with E-state index in [1.54, 1.807) is 4.90 Å². The number of amides is 1. The number of nitrogens with one attached hydrogen (secondary N) is 1. The van der Waals surface area contributed by atoms with E-state index in [1.807, 2.05) is 42.0 Å². The molecule has 0 aliphatic carbocycles. The summed E-state index contributed by atoms with van der Waals surface area (Å²) in [6.07, 6.45) is 15.5. The highest BCUT2D eigenvalue weighted by molar-refractivity contribution is 5.75. The molecular formula is C30H64N2O5. The Bertz CT molecular complexity index is 502. The minimum atomic E-state index is -0.695. The second kappa shape index (κ2) is 29.4. The zero-order valence-electron chi connectivity index (χ0n) is 25.7. The van der Waals surface area contributed by atoms with Crippen LogP contribution in [0.1, 0.15) is 130 Å². The molecule has 0 aliphatic rings. The zero-order valence-corrected chi connectivity index (χ0v) is 25.7. The number of nitrogens with zero attached hydrogens (tertiary/aromatic N) is 1. The largest absolute Gasteiger partial charge is 0.481 e. The molecule has 224 valence electrons. The van der Waals surface area contributed by atoms with Crippen molar-refractivity contribution in [3.8, 4) is 0 Å². The van der Waals surface area contributed by atoms with Crippen LogP contribution in [0.25, 0.3) is 0 Å². The zero-order chi connectivity index (χ0) is 29.1. The molecular weight excluding hydrogens is 468 g/mol. The molecule has 7 heteroatoms. The van der Waals surface area contributed by atoms with Crippen molar-refractivity contribution in [2.24, 2.45) is 11.8 Å². The Morgan fingerprint density at radius 1 is 0.676 bits per heavy atom. The quantitative estimate of drug-likeness (QED) is 0.138. The average molecular weight is 533 g/mol. The number of hydrogen-bond acceptors (Lipinski definition) is 5. The number of rotatable bonds is 20. The fourth-order valence-electron chi connectivity index (χ4n) is 3.96. The summed E-state index contributed by atoms with van der Waals surface area (Å²) in [5.74, 6) is 0.351. The number of carboxylic acid groups (broad SMARTS) is 1. The first-order valence-electron chi connectivity index (χ1n) is 14.8. The molecule has 0 aliphatic heterocycles. The van der Waals surface area contributed by atoms with Gasteiger partial charge in [-0.2, -0.15) is 0 Å². The van der Waals surface area contributed by atoms with E-state index in [1.165, 1.54) is 19.3 Å². The molecule has 7 nitrogen and oxygen atoms in total. The van der Waals surface area contributed by atoms with E-state index in [2.05, 4.69) is 19.2 Å². The van der Waals surface area contributed by atoms with E-state index in [9.17, 15) is 19.8 Å². The van der Waals surface area contributed by atoms with Crippen LogP contribution < -0.4 is 5.32 Å². The first kappa shape index (κ1) is 40.3. The number of hydrogen-bond donors (Lipinski definition) is 4. The lowest BCUT2D eigenvalue weighted by Gasteiger charge is -2.16. The van der Waals surface area contributed by atoms with Crippen molar-refractivity contribution in [3.05, 3.63) is 0 Å². The summed E-state index contributed by atoms with van der Waals surface area (Å²) in [4.78, 5) is 23.2.